The fraction of sp³-hybridized carbons (Fsp3) is 0.263. The summed E-state index contributed by atoms with van der Waals surface area (Å²) in [5.41, 5.74) is -0.958. The van der Waals surface area contributed by atoms with Crippen LogP contribution in [-0.2, 0) is 26.9 Å². The van der Waals surface area contributed by atoms with Gasteiger partial charge in [0.1, 0.15) is 5.75 Å². The van der Waals surface area contributed by atoms with Crippen molar-refractivity contribution in [2.24, 2.45) is 0 Å². The molecule has 0 aliphatic carbocycles. The first-order valence-electron chi connectivity index (χ1n) is 8.10. The van der Waals surface area contributed by atoms with Crippen molar-refractivity contribution >= 4 is 29.2 Å². The van der Waals surface area contributed by atoms with Crippen LogP contribution in [0.25, 0.3) is 0 Å². The van der Waals surface area contributed by atoms with Crippen molar-refractivity contribution in [2.75, 3.05) is 12.4 Å². The number of carbonyl (C=O) groups excluding carboxylic acids is 2. The van der Waals surface area contributed by atoms with E-state index in [0.29, 0.717) is 16.3 Å². The molecule has 0 aliphatic rings. The minimum atomic E-state index is -4.63. The number of alkyl halides is 3. The molecular formula is C19H17ClF3NO4. The molecule has 0 bridgehead atoms. The molecule has 5 nitrogen and oxygen atoms in total. The van der Waals surface area contributed by atoms with Crippen LogP contribution in [0.2, 0.25) is 5.02 Å². The van der Waals surface area contributed by atoms with Crippen molar-refractivity contribution in [1.82, 2.24) is 0 Å². The second kappa shape index (κ2) is 8.97. The number of ether oxygens (including phenoxy) is 2. The summed E-state index contributed by atoms with van der Waals surface area (Å²) in [4.78, 5) is 24.3. The molecule has 0 aliphatic heterocycles. The second-order valence-corrected chi connectivity index (χ2v) is 6.23. The quantitative estimate of drug-likeness (QED) is 0.706. The summed E-state index contributed by atoms with van der Waals surface area (Å²) in [5, 5.41) is 2.52. The lowest BCUT2D eigenvalue weighted by molar-refractivity contribution is -0.152. The van der Waals surface area contributed by atoms with Gasteiger partial charge in [0.15, 0.2) is 6.10 Å². The standard InChI is InChI=1S/C19H17ClF3NO4/c1-11(18(26)24-15-6-4-3-5-14(15)19(21,22)23)28-17(25)10-12-9-13(20)7-8-16(12)27-2/h3-9,11H,10H2,1-2H3,(H,24,26)/t11-/m1/s1. The zero-order chi connectivity index (χ0) is 20.9. The molecule has 2 rings (SSSR count). The summed E-state index contributed by atoms with van der Waals surface area (Å²) in [5.74, 6) is -1.23. The van der Waals surface area contributed by atoms with Crippen molar-refractivity contribution in [1.29, 1.82) is 0 Å². The Morgan fingerprint density at radius 3 is 2.50 bits per heavy atom. The van der Waals surface area contributed by atoms with Crippen LogP contribution in [0.15, 0.2) is 42.5 Å². The number of amides is 1. The molecule has 1 amide bonds. The highest BCUT2D eigenvalue weighted by atomic mass is 35.5. The SMILES string of the molecule is COc1ccc(Cl)cc1CC(=O)O[C@H](C)C(=O)Nc1ccccc1C(F)(F)F. The van der Waals surface area contributed by atoms with Gasteiger partial charge in [-0.15, -0.1) is 0 Å². The van der Waals surface area contributed by atoms with Crippen LogP contribution in [0.3, 0.4) is 0 Å². The van der Waals surface area contributed by atoms with Crippen molar-refractivity contribution < 1.29 is 32.2 Å². The highest BCUT2D eigenvalue weighted by molar-refractivity contribution is 6.30. The Kier molecular flexibility index (Phi) is 6.90. The van der Waals surface area contributed by atoms with E-state index in [2.05, 4.69) is 5.32 Å². The van der Waals surface area contributed by atoms with Gasteiger partial charge in [0, 0.05) is 10.6 Å². The van der Waals surface area contributed by atoms with Gasteiger partial charge in [0.2, 0.25) is 0 Å². The van der Waals surface area contributed by atoms with E-state index in [0.717, 1.165) is 12.1 Å². The Balaban J connectivity index is 2.03. The topological polar surface area (TPSA) is 64.6 Å². The third-order valence-corrected chi connectivity index (χ3v) is 3.98. The summed E-state index contributed by atoms with van der Waals surface area (Å²) in [6.07, 6.45) is -6.16. The maximum absolute atomic E-state index is 13.0. The van der Waals surface area contributed by atoms with Crippen LogP contribution in [0.1, 0.15) is 18.1 Å². The average Bonchev–Trinajstić information content (AvgIpc) is 2.61. The third kappa shape index (κ3) is 5.63. The zero-order valence-electron chi connectivity index (χ0n) is 15.0. The Hall–Kier alpha value is -2.74. The third-order valence-electron chi connectivity index (χ3n) is 3.75. The molecule has 2 aromatic rings. The summed E-state index contributed by atoms with van der Waals surface area (Å²) >= 11 is 5.89. The molecule has 0 heterocycles. The van der Waals surface area contributed by atoms with Gasteiger partial charge in [0.25, 0.3) is 5.91 Å². The Labute approximate surface area is 164 Å². The molecular weight excluding hydrogens is 399 g/mol. The molecule has 2 aromatic carbocycles. The van der Waals surface area contributed by atoms with Gasteiger partial charge in [-0.05, 0) is 37.3 Å². The average molecular weight is 416 g/mol. The molecule has 0 spiro atoms. The van der Waals surface area contributed by atoms with E-state index in [1.807, 2.05) is 0 Å². The largest absolute Gasteiger partial charge is 0.496 e. The molecule has 1 atom stereocenters. The monoisotopic (exact) mass is 415 g/mol. The second-order valence-electron chi connectivity index (χ2n) is 5.80. The predicted octanol–water partition coefficient (Wildman–Crippen LogP) is 4.48. The number of hydrogen-bond donors (Lipinski definition) is 1. The maximum Gasteiger partial charge on any atom is 0.418 e. The smallest absolute Gasteiger partial charge is 0.418 e. The van der Waals surface area contributed by atoms with Crippen LogP contribution in [-0.4, -0.2) is 25.1 Å². The number of esters is 1. The van der Waals surface area contributed by atoms with Gasteiger partial charge in [-0.2, -0.15) is 13.2 Å². The number of nitrogens with one attached hydrogen (secondary N) is 1. The molecule has 9 heteroatoms. The summed E-state index contributed by atoms with van der Waals surface area (Å²) in [6, 6.07) is 9.21. The molecule has 1 N–H and O–H groups in total. The molecule has 0 unspecified atom stereocenters. The molecule has 28 heavy (non-hydrogen) atoms. The summed E-state index contributed by atoms with van der Waals surface area (Å²) < 4.78 is 49.1. The lowest BCUT2D eigenvalue weighted by Gasteiger charge is -2.17. The van der Waals surface area contributed by atoms with Crippen molar-refractivity contribution in [2.45, 2.75) is 25.6 Å². The minimum absolute atomic E-state index is 0.222. The van der Waals surface area contributed by atoms with Gasteiger partial charge >= 0.3 is 12.1 Å². The van der Waals surface area contributed by atoms with Crippen LogP contribution >= 0.6 is 11.6 Å². The van der Waals surface area contributed by atoms with Crippen LogP contribution < -0.4 is 10.1 Å². The number of benzene rings is 2. The highest BCUT2D eigenvalue weighted by Gasteiger charge is 2.34. The van der Waals surface area contributed by atoms with Crippen LogP contribution in [0, 0.1) is 0 Å². The van der Waals surface area contributed by atoms with E-state index in [9.17, 15) is 22.8 Å². The molecule has 0 saturated heterocycles. The highest BCUT2D eigenvalue weighted by Crippen LogP contribution is 2.34. The number of para-hydroxylation sites is 1. The van der Waals surface area contributed by atoms with Crippen molar-refractivity contribution in [3.8, 4) is 5.75 Å². The Morgan fingerprint density at radius 1 is 1.18 bits per heavy atom. The normalized spacial score (nSPS) is 12.2. The van der Waals surface area contributed by atoms with E-state index in [1.54, 1.807) is 12.1 Å². The van der Waals surface area contributed by atoms with Crippen LogP contribution in [0.4, 0.5) is 18.9 Å². The maximum atomic E-state index is 13.0. The first kappa shape index (κ1) is 21.6. The van der Waals surface area contributed by atoms with Crippen LogP contribution in [0.5, 0.6) is 5.75 Å². The van der Waals surface area contributed by atoms with E-state index in [4.69, 9.17) is 21.1 Å². The molecule has 0 aromatic heterocycles. The van der Waals surface area contributed by atoms with Gasteiger partial charge in [-0.25, -0.2) is 0 Å². The number of halogens is 4. The lowest BCUT2D eigenvalue weighted by atomic mass is 10.1. The fourth-order valence-electron chi connectivity index (χ4n) is 2.41. The Morgan fingerprint density at radius 2 is 1.86 bits per heavy atom. The summed E-state index contributed by atoms with van der Waals surface area (Å²) in [7, 11) is 1.42. The first-order valence-corrected chi connectivity index (χ1v) is 8.48. The van der Waals surface area contributed by atoms with E-state index >= 15 is 0 Å². The van der Waals surface area contributed by atoms with E-state index in [-0.39, 0.29) is 6.42 Å². The summed E-state index contributed by atoms with van der Waals surface area (Å²) in [6.45, 7) is 1.26. The number of hydrogen-bond acceptors (Lipinski definition) is 4. The van der Waals surface area contributed by atoms with Gasteiger partial charge in [-0.1, -0.05) is 23.7 Å². The fourth-order valence-corrected chi connectivity index (χ4v) is 2.60. The number of rotatable bonds is 6. The Bertz CT molecular complexity index is 870. The van der Waals surface area contributed by atoms with Crippen molar-refractivity contribution in [3.05, 3.63) is 58.6 Å². The molecule has 0 saturated carbocycles. The van der Waals surface area contributed by atoms with Gasteiger partial charge < -0.3 is 14.8 Å². The molecule has 0 fully saturated rings. The zero-order valence-corrected chi connectivity index (χ0v) is 15.7. The lowest BCUT2D eigenvalue weighted by Crippen LogP contribution is -2.31. The van der Waals surface area contributed by atoms with Gasteiger partial charge in [0.05, 0.1) is 24.8 Å². The van der Waals surface area contributed by atoms with E-state index in [1.165, 1.54) is 32.2 Å². The van der Waals surface area contributed by atoms with E-state index < -0.39 is 35.4 Å². The van der Waals surface area contributed by atoms with Gasteiger partial charge in [-0.3, -0.25) is 9.59 Å². The first-order chi connectivity index (χ1) is 13.1. The number of anilines is 1. The number of carbonyl (C=O) groups is 2. The number of methoxy groups -OCH3 is 1. The predicted molar refractivity (Wildman–Crippen MR) is 97.3 cm³/mol. The minimum Gasteiger partial charge on any atom is -0.496 e. The molecule has 150 valence electrons. The van der Waals surface area contributed by atoms with Crippen molar-refractivity contribution in [3.63, 3.8) is 0 Å². The molecule has 0 radical (unpaired) electrons.